The number of nitrogens with one attached hydrogen (secondary N) is 1. The maximum Gasteiger partial charge on any atom is 0.185 e. The van der Waals surface area contributed by atoms with Gasteiger partial charge in [-0.25, -0.2) is 4.98 Å². The molecule has 1 aromatic heterocycles. The fraction of sp³-hybridized carbons (Fsp3) is 0.786. The molecule has 1 heterocycles. The molecule has 0 aliphatic carbocycles. The molecule has 0 atom stereocenters. The Bertz CT molecular complexity index is 385. The zero-order valence-corrected chi connectivity index (χ0v) is 13.9. The number of ether oxygens (including phenoxy) is 1. The summed E-state index contributed by atoms with van der Waals surface area (Å²) < 4.78 is 5.25. The Hall–Kier alpha value is -0.650. The second kappa shape index (κ2) is 7.22. The Morgan fingerprint density at radius 3 is 2.58 bits per heavy atom. The van der Waals surface area contributed by atoms with Crippen LogP contribution in [0.4, 0.5) is 5.13 Å². The van der Waals surface area contributed by atoms with Gasteiger partial charge >= 0.3 is 0 Å². The van der Waals surface area contributed by atoms with E-state index in [1.165, 1.54) is 4.88 Å². The van der Waals surface area contributed by atoms with Crippen molar-refractivity contribution in [2.24, 2.45) is 0 Å². The molecule has 110 valence electrons. The van der Waals surface area contributed by atoms with Crippen LogP contribution in [0.1, 0.15) is 44.7 Å². The minimum Gasteiger partial charge on any atom is -0.378 e. The van der Waals surface area contributed by atoms with Crippen LogP contribution in [0.25, 0.3) is 0 Å². The van der Waals surface area contributed by atoms with E-state index in [2.05, 4.69) is 45.0 Å². The van der Waals surface area contributed by atoms with Gasteiger partial charge in [0.1, 0.15) is 0 Å². The van der Waals surface area contributed by atoms with Gasteiger partial charge in [0.15, 0.2) is 5.13 Å². The van der Waals surface area contributed by atoms with Gasteiger partial charge in [0.25, 0.3) is 0 Å². The van der Waals surface area contributed by atoms with Gasteiger partial charge in [0.2, 0.25) is 0 Å². The van der Waals surface area contributed by atoms with Crippen molar-refractivity contribution in [1.82, 2.24) is 10.3 Å². The molecule has 0 amide bonds. The summed E-state index contributed by atoms with van der Waals surface area (Å²) in [6, 6.07) is 0. The molecular weight excluding hydrogens is 258 g/mol. The highest BCUT2D eigenvalue weighted by Gasteiger charge is 2.16. The Kier molecular flexibility index (Phi) is 6.23. The van der Waals surface area contributed by atoms with E-state index in [9.17, 15) is 0 Å². The number of anilines is 1. The first kappa shape index (κ1) is 16.4. The van der Waals surface area contributed by atoms with Crippen LogP contribution in [0.15, 0.2) is 0 Å². The lowest BCUT2D eigenvalue weighted by molar-refractivity contribution is 0.181. The van der Waals surface area contributed by atoms with Crippen molar-refractivity contribution in [1.29, 1.82) is 0 Å². The van der Waals surface area contributed by atoms with Crippen LogP contribution in [-0.2, 0) is 17.9 Å². The van der Waals surface area contributed by atoms with Crippen LogP contribution in [0.5, 0.6) is 0 Å². The molecule has 4 nitrogen and oxygen atoms in total. The molecule has 0 fully saturated rings. The molecule has 0 aliphatic heterocycles. The normalized spacial score (nSPS) is 11.9. The van der Waals surface area contributed by atoms with E-state index in [4.69, 9.17) is 9.72 Å². The summed E-state index contributed by atoms with van der Waals surface area (Å²) in [7, 11) is 3.82. The number of hydrogen-bond acceptors (Lipinski definition) is 5. The lowest BCUT2D eigenvalue weighted by atomic mass is 10.1. The predicted molar refractivity (Wildman–Crippen MR) is 83.0 cm³/mol. The second-order valence-electron chi connectivity index (χ2n) is 5.82. The highest BCUT2D eigenvalue weighted by atomic mass is 32.1. The van der Waals surface area contributed by atoms with E-state index in [0.717, 1.165) is 30.3 Å². The summed E-state index contributed by atoms with van der Waals surface area (Å²) in [6.45, 7) is 11.2. The molecule has 0 aromatic carbocycles. The van der Waals surface area contributed by atoms with Gasteiger partial charge in [0, 0.05) is 37.7 Å². The van der Waals surface area contributed by atoms with Gasteiger partial charge in [-0.05, 0) is 27.2 Å². The predicted octanol–water partition coefficient (Wildman–Crippen LogP) is 3.02. The Morgan fingerprint density at radius 1 is 1.37 bits per heavy atom. The lowest BCUT2D eigenvalue weighted by Crippen LogP contribution is -2.35. The topological polar surface area (TPSA) is 37.4 Å². The zero-order chi connectivity index (χ0) is 14.5. The molecule has 0 spiro atoms. The minimum absolute atomic E-state index is 0.115. The standard InChI is InChI=1S/C14H27N3OS/c1-7-8-17(5)13-16-11(10-18-6)12(19-13)9-15-14(2,3)4/h15H,7-10H2,1-6H3. The molecule has 1 aromatic rings. The van der Waals surface area contributed by atoms with Crippen LogP contribution >= 0.6 is 11.3 Å². The number of methoxy groups -OCH3 is 1. The average molecular weight is 285 g/mol. The number of nitrogens with zero attached hydrogens (tertiary/aromatic N) is 2. The molecule has 0 unspecified atom stereocenters. The molecule has 1 rings (SSSR count). The third-order valence-electron chi connectivity index (χ3n) is 2.71. The van der Waals surface area contributed by atoms with E-state index in [0.29, 0.717) is 6.61 Å². The van der Waals surface area contributed by atoms with Gasteiger partial charge in [-0.15, -0.1) is 11.3 Å². The summed E-state index contributed by atoms with van der Waals surface area (Å²) in [5.74, 6) is 0. The molecule has 19 heavy (non-hydrogen) atoms. The third-order valence-corrected chi connectivity index (χ3v) is 3.92. The fourth-order valence-electron chi connectivity index (χ4n) is 1.70. The largest absolute Gasteiger partial charge is 0.378 e. The van der Waals surface area contributed by atoms with E-state index in [1.807, 2.05) is 0 Å². The molecule has 1 N–H and O–H groups in total. The van der Waals surface area contributed by atoms with Crippen molar-refractivity contribution in [3.05, 3.63) is 10.6 Å². The summed E-state index contributed by atoms with van der Waals surface area (Å²) in [4.78, 5) is 8.18. The summed E-state index contributed by atoms with van der Waals surface area (Å²) in [6.07, 6.45) is 1.13. The van der Waals surface area contributed by atoms with Crippen molar-refractivity contribution in [3.8, 4) is 0 Å². The van der Waals surface area contributed by atoms with Crippen LogP contribution < -0.4 is 10.2 Å². The first-order valence-electron chi connectivity index (χ1n) is 6.81. The molecule has 0 saturated carbocycles. The van der Waals surface area contributed by atoms with Gasteiger partial charge in [-0.2, -0.15) is 0 Å². The maximum absolute atomic E-state index is 5.25. The fourth-order valence-corrected chi connectivity index (χ4v) is 2.69. The number of thiazole rings is 1. The quantitative estimate of drug-likeness (QED) is 0.835. The molecule has 0 radical (unpaired) electrons. The number of rotatable bonds is 7. The van der Waals surface area contributed by atoms with Crippen molar-refractivity contribution in [3.63, 3.8) is 0 Å². The third kappa shape index (κ3) is 5.47. The van der Waals surface area contributed by atoms with Gasteiger partial charge in [-0.3, -0.25) is 0 Å². The van der Waals surface area contributed by atoms with Gasteiger partial charge < -0.3 is 15.0 Å². The van der Waals surface area contributed by atoms with Gasteiger partial charge in [-0.1, -0.05) is 6.92 Å². The van der Waals surface area contributed by atoms with Crippen molar-refractivity contribution in [2.75, 3.05) is 25.6 Å². The first-order chi connectivity index (χ1) is 8.87. The van der Waals surface area contributed by atoms with Crippen LogP contribution in [0.2, 0.25) is 0 Å². The second-order valence-corrected chi connectivity index (χ2v) is 6.89. The van der Waals surface area contributed by atoms with Crippen molar-refractivity contribution >= 4 is 16.5 Å². The number of hydrogen-bond donors (Lipinski definition) is 1. The summed E-state index contributed by atoms with van der Waals surface area (Å²) in [5.41, 5.74) is 1.17. The maximum atomic E-state index is 5.25. The lowest BCUT2D eigenvalue weighted by Gasteiger charge is -2.20. The van der Waals surface area contributed by atoms with Crippen LogP contribution in [-0.4, -0.2) is 31.2 Å². The first-order valence-corrected chi connectivity index (χ1v) is 7.62. The average Bonchev–Trinajstić information content (AvgIpc) is 2.70. The Balaban J connectivity index is 2.82. The monoisotopic (exact) mass is 285 g/mol. The van der Waals surface area contributed by atoms with E-state index < -0.39 is 0 Å². The van der Waals surface area contributed by atoms with E-state index in [-0.39, 0.29) is 5.54 Å². The SMILES string of the molecule is CCCN(C)c1nc(COC)c(CNC(C)(C)C)s1. The summed E-state index contributed by atoms with van der Waals surface area (Å²) in [5, 5.41) is 4.60. The molecular formula is C14H27N3OS. The smallest absolute Gasteiger partial charge is 0.185 e. The van der Waals surface area contributed by atoms with Crippen molar-refractivity contribution in [2.45, 2.75) is 52.8 Å². The van der Waals surface area contributed by atoms with Crippen LogP contribution in [0.3, 0.4) is 0 Å². The highest BCUT2D eigenvalue weighted by Crippen LogP contribution is 2.26. The zero-order valence-electron chi connectivity index (χ0n) is 13.0. The number of aromatic nitrogens is 1. The highest BCUT2D eigenvalue weighted by molar-refractivity contribution is 7.15. The minimum atomic E-state index is 0.115. The Morgan fingerprint density at radius 2 is 2.05 bits per heavy atom. The Labute approximate surface area is 121 Å². The van der Waals surface area contributed by atoms with Gasteiger partial charge in [0.05, 0.1) is 12.3 Å². The van der Waals surface area contributed by atoms with Crippen molar-refractivity contribution < 1.29 is 4.74 Å². The molecule has 0 saturated heterocycles. The molecule has 5 heteroatoms. The van der Waals surface area contributed by atoms with E-state index in [1.54, 1.807) is 18.4 Å². The molecule has 0 aliphatic rings. The molecule has 0 bridgehead atoms. The summed E-state index contributed by atoms with van der Waals surface area (Å²) >= 11 is 1.76. The van der Waals surface area contributed by atoms with Crippen LogP contribution in [0, 0.1) is 0 Å². The van der Waals surface area contributed by atoms with E-state index >= 15 is 0 Å².